The van der Waals surface area contributed by atoms with E-state index in [0.717, 1.165) is 25.6 Å². The van der Waals surface area contributed by atoms with Crippen LogP contribution in [0.15, 0.2) is 29.2 Å². The van der Waals surface area contributed by atoms with Crippen molar-refractivity contribution in [2.75, 3.05) is 26.2 Å². The van der Waals surface area contributed by atoms with E-state index in [1.807, 2.05) is 6.92 Å². The third-order valence-electron chi connectivity index (χ3n) is 5.07. The largest absolute Gasteiger partial charge is 0.341 e. The molecule has 2 aliphatic heterocycles. The standard InChI is InChI=1S/C17H24FN3O3S.ClH/c1-12(13-9-19-10-13)17(22)21-7-3-5-15(11-21)20-25(23,24)16-6-2-4-14(18)8-16;/h2,4,6,8,12-13,15,19-20H,3,5,7,9-11H2,1H3;1H. The smallest absolute Gasteiger partial charge is 0.240 e. The topological polar surface area (TPSA) is 78.5 Å². The molecule has 9 heteroatoms. The summed E-state index contributed by atoms with van der Waals surface area (Å²) in [7, 11) is -3.80. The Morgan fingerprint density at radius 3 is 2.73 bits per heavy atom. The molecule has 0 spiro atoms. The Morgan fingerprint density at radius 1 is 1.38 bits per heavy atom. The van der Waals surface area contributed by atoms with Crippen molar-refractivity contribution in [1.82, 2.24) is 14.9 Å². The number of rotatable bonds is 5. The summed E-state index contributed by atoms with van der Waals surface area (Å²) in [5.41, 5.74) is 0. The molecule has 0 aromatic heterocycles. The summed E-state index contributed by atoms with van der Waals surface area (Å²) in [4.78, 5) is 14.3. The molecule has 3 rings (SSSR count). The average Bonchev–Trinajstić information content (AvgIpc) is 2.52. The SMILES string of the molecule is CC(C(=O)N1CCCC(NS(=O)(=O)c2cccc(F)c2)C1)C1CNC1.Cl. The third kappa shape index (κ3) is 4.73. The number of piperidine rings is 1. The predicted octanol–water partition coefficient (Wildman–Crippen LogP) is 1.37. The van der Waals surface area contributed by atoms with Crippen molar-refractivity contribution in [3.8, 4) is 0 Å². The van der Waals surface area contributed by atoms with Gasteiger partial charge in [-0.1, -0.05) is 13.0 Å². The number of likely N-dealkylation sites (tertiary alicyclic amines) is 1. The number of nitrogens with one attached hydrogen (secondary N) is 2. The maximum absolute atomic E-state index is 13.3. The maximum atomic E-state index is 13.3. The van der Waals surface area contributed by atoms with Crippen LogP contribution in [0.2, 0.25) is 0 Å². The first kappa shape index (κ1) is 21.1. The predicted molar refractivity (Wildman–Crippen MR) is 99.1 cm³/mol. The van der Waals surface area contributed by atoms with Crippen LogP contribution in [0.1, 0.15) is 19.8 Å². The average molecular weight is 406 g/mol. The van der Waals surface area contributed by atoms with E-state index in [-0.39, 0.29) is 35.2 Å². The monoisotopic (exact) mass is 405 g/mol. The van der Waals surface area contributed by atoms with Crippen LogP contribution in [-0.2, 0) is 14.8 Å². The van der Waals surface area contributed by atoms with Gasteiger partial charge in [-0.2, -0.15) is 0 Å². The molecule has 0 saturated carbocycles. The molecule has 1 aromatic carbocycles. The van der Waals surface area contributed by atoms with Crippen LogP contribution in [0, 0.1) is 17.7 Å². The molecular weight excluding hydrogens is 381 g/mol. The molecule has 0 radical (unpaired) electrons. The first-order valence-electron chi connectivity index (χ1n) is 8.64. The summed E-state index contributed by atoms with van der Waals surface area (Å²) in [6.07, 6.45) is 1.41. The second-order valence-electron chi connectivity index (χ2n) is 6.91. The highest BCUT2D eigenvalue weighted by Crippen LogP contribution is 2.22. The van der Waals surface area contributed by atoms with E-state index in [9.17, 15) is 17.6 Å². The fourth-order valence-electron chi connectivity index (χ4n) is 3.35. The molecule has 26 heavy (non-hydrogen) atoms. The van der Waals surface area contributed by atoms with Crippen LogP contribution in [0.5, 0.6) is 0 Å². The summed E-state index contributed by atoms with van der Waals surface area (Å²) >= 11 is 0. The maximum Gasteiger partial charge on any atom is 0.240 e. The van der Waals surface area contributed by atoms with Crippen molar-refractivity contribution < 1.29 is 17.6 Å². The van der Waals surface area contributed by atoms with Gasteiger partial charge >= 0.3 is 0 Å². The van der Waals surface area contributed by atoms with E-state index in [2.05, 4.69) is 10.0 Å². The van der Waals surface area contributed by atoms with E-state index < -0.39 is 15.8 Å². The Bertz CT molecular complexity index is 743. The summed E-state index contributed by atoms with van der Waals surface area (Å²) in [6, 6.07) is 4.59. The molecule has 6 nitrogen and oxygen atoms in total. The molecule has 2 fully saturated rings. The van der Waals surface area contributed by atoms with E-state index in [1.54, 1.807) is 4.90 Å². The van der Waals surface area contributed by atoms with E-state index in [1.165, 1.54) is 18.2 Å². The van der Waals surface area contributed by atoms with Crippen molar-refractivity contribution >= 4 is 28.3 Å². The van der Waals surface area contributed by atoms with Crippen LogP contribution in [0.25, 0.3) is 0 Å². The zero-order chi connectivity index (χ0) is 18.0. The fourth-order valence-corrected chi connectivity index (χ4v) is 4.64. The van der Waals surface area contributed by atoms with Gasteiger partial charge in [0.1, 0.15) is 5.82 Å². The molecular formula is C17H25ClFN3O3S. The lowest BCUT2D eigenvalue weighted by Gasteiger charge is -2.38. The minimum absolute atomic E-state index is 0. The van der Waals surface area contributed by atoms with Gasteiger partial charge in [0.25, 0.3) is 0 Å². The Labute approximate surface area is 160 Å². The van der Waals surface area contributed by atoms with Gasteiger partial charge in [-0.05, 0) is 50.0 Å². The lowest BCUT2D eigenvalue weighted by molar-refractivity contribution is -0.138. The Morgan fingerprint density at radius 2 is 2.12 bits per heavy atom. The van der Waals surface area contributed by atoms with Gasteiger partial charge in [0.2, 0.25) is 15.9 Å². The third-order valence-corrected chi connectivity index (χ3v) is 6.59. The zero-order valence-corrected chi connectivity index (χ0v) is 16.3. The molecule has 2 aliphatic rings. The summed E-state index contributed by atoms with van der Waals surface area (Å²) < 4.78 is 40.8. The molecule has 0 bridgehead atoms. The van der Waals surface area contributed by atoms with Gasteiger partial charge in [-0.15, -0.1) is 12.4 Å². The lowest BCUT2D eigenvalue weighted by atomic mass is 9.87. The van der Waals surface area contributed by atoms with Crippen molar-refractivity contribution in [2.24, 2.45) is 11.8 Å². The minimum atomic E-state index is -3.80. The summed E-state index contributed by atoms with van der Waals surface area (Å²) in [5, 5.41) is 3.17. The Balaban J connectivity index is 0.00000243. The normalized spacial score (nSPS) is 22.2. The van der Waals surface area contributed by atoms with Gasteiger partial charge in [0.15, 0.2) is 0 Å². The highest BCUT2D eigenvalue weighted by molar-refractivity contribution is 7.89. The van der Waals surface area contributed by atoms with E-state index in [4.69, 9.17) is 0 Å². The Hall–Kier alpha value is -1.22. The summed E-state index contributed by atoms with van der Waals surface area (Å²) in [5.74, 6) is -0.205. The number of amides is 1. The van der Waals surface area contributed by atoms with Crippen LogP contribution >= 0.6 is 12.4 Å². The van der Waals surface area contributed by atoms with Crippen LogP contribution in [0.4, 0.5) is 4.39 Å². The Kier molecular flexibility index (Phi) is 7.01. The number of benzene rings is 1. The number of halogens is 2. The quantitative estimate of drug-likeness (QED) is 0.775. The minimum Gasteiger partial charge on any atom is -0.341 e. The van der Waals surface area contributed by atoms with Gasteiger partial charge in [-0.3, -0.25) is 4.79 Å². The molecule has 1 aromatic rings. The molecule has 2 N–H and O–H groups in total. The van der Waals surface area contributed by atoms with Gasteiger partial charge in [0, 0.05) is 25.0 Å². The molecule has 0 aliphatic carbocycles. The number of carbonyl (C=O) groups excluding carboxylic acids is 1. The molecule has 146 valence electrons. The van der Waals surface area contributed by atoms with Crippen molar-refractivity contribution in [3.05, 3.63) is 30.1 Å². The van der Waals surface area contributed by atoms with Crippen LogP contribution in [0.3, 0.4) is 0 Å². The number of nitrogens with zero attached hydrogens (tertiary/aromatic N) is 1. The van der Waals surface area contributed by atoms with Crippen molar-refractivity contribution in [2.45, 2.75) is 30.7 Å². The fraction of sp³-hybridized carbons (Fsp3) is 0.588. The van der Waals surface area contributed by atoms with Crippen LogP contribution < -0.4 is 10.0 Å². The van der Waals surface area contributed by atoms with Gasteiger partial charge in [0.05, 0.1) is 4.90 Å². The van der Waals surface area contributed by atoms with E-state index in [0.29, 0.717) is 25.4 Å². The molecule has 2 saturated heterocycles. The number of hydrogen-bond acceptors (Lipinski definition) is 4. The molecule has 2 heterocycles. The van der Waals surface area contributed by atoms with E-state index >= 15 is 0 Å². The van der Waals surface area contributed by atoms with Gasteiger partial charge < -0.3 is 10.2 Å². The number of hydrogen-bond donors (Lipinski definition) is 2. The van der Waals surface area contributed by atoms with Crippen molar-refractivity contribution in [1.29, 1.82) is 0 Å². The second kappa shape index (κ2) is 8.65. The number of sulfonamides is 1. The van der Waals surface area contributed by atoms with Crippen molar-refractivity contribution in [3.63, 3.8) is 0 Å². The highest BCUT2D eigenvalue weighted by atomic mass is 35.5. The molecule has 1 amide bonds. The lowest BCUT2D eigenvalue weighted by Crippen LogP contribution is -2.54. The zero-order valence-electron chi connectivity index (χ0n) is 14.7. The van der Waals surface area contributed by atoms with Gasteiger partial charge in [-0.25, -0.2) is 17.5 Å². The highest BCUT2D eigenvalue weighted by Gasteiger charge is 2.34. The molecule has 2 unspecified atom stereocenters. The van der Waals surface area contributed by atoms with Crippen LogP contribution in [-0.4, -0.2) is 51.4 Å². The first-order chi connectivity index (χ1) is 11.9. The summed E-state index contributed by atoms with van der Waals surface area (Å²) in [6.45, 7) is 4.67. The molecule has 2 atom stereocenters. The first-order valence-corrected chi connectivity index (χ1v) is 10.1. The second-order valence-corrected chi connectivity index (χ2v) is 8.62. The number of carbonyl (C=O) groups is 1.